The number of aryl methyl sites for hydroxylation is 1. The largest absolute Gasteiger partial charge is 0.345 e. The summed E-state index contributed by atoms with van der Waals surface area (Å²) in [6.45, 7) is 0.899. The molecule has 1 aliphatic heterocycles. The Balaban J connectivity index is 1.62. The van der Waals surface area contributed by atoms with Crippen molar-refractivity contribution in [1.82, 2.24) is 14.2 Å². The van der Waals surface area contributed by atoms with E-state index in [1.165, 1.54) is 23.9 Å². The number of aromatic nitrogens is 1. The summed E-state index contributed by atoms with van der Waals surface area (Å²) in [6.07, 6.45) is 2.55. The highest BCUT2D eigenvalue weighted by Crippen LogP contribution is 2.22. The van der Waals surface area contributed by atoms with Crippen LogP contribution in [-0.4, -0.2) is 49.8 Å². The van der Waals surface area contributed by atoms with E-state index in [0.717, 1.165) is 5.69 Å². The maximum Gasteiger partial charge on any atom is 0.270 e. The predicted octanol–water partition coefficient (Wildman–Crippen LogP) is 1.42. The number of carbonyl (C=O) groups excluding carboxylic acids is 2. The number of hydrogen-bond donors (Lipinski definition) is 2. The van der Waals surface area contributed by atoms with Gasteiger partial charge >= 0.3 is 0 Å². The first-order chi connectivity index (χ1) is 13.3. The molecule has 1 aromatic carbocycles. The lowest BCUT2D eigenvalue weighted by molar-refractivity contribution is -0.121. The molecule has 0 spiro atoms. The molecular weight excluding hydrogens is 380 g/mol. The van der Waals surface area contributed by atoms with Gasteiger partial charge < -0.3 is 14.8 Å². The number of piperidine rings is 1. The second kappa shape index (κ2) is 8.15. The molecule has 2 N–H and O–H groups in total. The molecule has 150 valence electrons. The Kier molecular flexibility index (Phi) is 5.85. The minimum absolute atomic E-state index is 0.0421. The van der Waals surface area contributed by atoms with Gasteiger partial charge in [0, 0.05) is 37.9 Å². The average molecular weight is 404 g/mol. The van der Waals surface area contributed by atoms with Gasteiger partial charge in [-0.05, 0) is 38.1 Å². The third kappa shape index (κ3) is 4.26. The molecule has 3 rings (SSSR count). The van der Waals surface area contributed by atoms with Crippen LogP contribution in [0.15, 0.2) is 47.5 Å². The lowest BCUT2D eigenvalue weighted by Crippen LogP contribution is -2.42. The average Bonchev–Trinajstić information content (AvgIpc) is 3.11. The second-order valence-electron chi connectivity index (χ2n) is 6.80. The van der Waals surface area contributed by atoms with Gasteiger partial charge in [-0.1, -0.05) is 18.2 Å². The summed E-state index contributed by atoms with van der Waals surface area (Å²) in [5, 5.41) is 2.90. The number of carbonyl (C=O) groups is 2. The normalized spacial score (nSPS) is 15.4. The Labute approximate surface area is 164 Å². The van der Waals surface area contributed by atoms with Crippen LogP contribution < -0.4 is 10.0 Å². The van der Waals surface area contributed by atoms with E-state index in [9.17, 15) is 18.0 Å². The molecule has 1 aromatic heterocycles. The van der Waals surface area contributed by atoms with Gasteiger partial charge in [0.05, 0.1) is 0 Å². The number of sulfonamides is 1. The Morgan fingerprint density at radius 1 is 1.11 bits per heavy atom. The first-order valence-electron chi connectivity index (χ1n) is 9.07. The number of likely N-dealkylation sites (tertiary alicyclic amines) is 1. The Bertz CT molecular complexity index is 961. The summed E-state index contributed by atoms with van der Waals surface area (Å²) in [6, 6.07) is 10.7. The van der Waals surface area contributed by atoms with Crippen molar-refractivity contribution in [2.45, 2.75) is 17.7 Å². The van der Waals surface area contributed by atoms with Crippen molar-refractivity contribution in [1.29, 1.82) is 0 Å². The molecule has 9 heteroatoms. The molecule has 8 nitrogen and oxygen atoms in total. The third-order valence-corrected chi connectivity index (χ3v) is 6.35. The molecule has 0 atom stereocenters. The van der Waals surface area contributed by atoms with Gasteiger partial charge in [0.25, 0.3) is 5.91 Å². The van der Waals surface area contributed by atoms with E-state index in [2.05, 4.69) is 10.0 Å². The predicted molar refractivity (Wildman–Crippen MR) is 105 cm³/mol. The van der Waals surface area contributed by atoms with Crippen LogP contribution in [0.2, 0.25) is 0 Å². The molecule has 2 aromatic rings. The molecule has 28 heavy (non-hydrogen) atoms. The van der Waals surface area contributed by atoms with Crippen LogP contribution in [0.5, 0.6) is 0 Å². The van der Waals surface area contributed by atoms with Crippen LogP contribution in [0.1, 0.15) is 23.3 Å². The fraction of sp³-hybridized carbons (Fsp3) is 0.368. The number of benzene rings is 1. The van der Waals surface area contributed by atoms with E-state index < -0.39 is 10.0 Å². The highest BCUT2D eigenvalue weighted by molar-refractivity contribution is 7.89. The van der Waals surface area contributed by atoms with Crippen LogP contribution in [0.4, 0.5) is 5.69 Å². The summed E-state index contributed by atoms with van der Waals surface area (Å²) in [5.41, 5.74) is 1.06. The number of anilines is 1. The van der Waals surface area contributed by atoms with Crippen molar-refractivity contribution < 1.29 is 18.0 Å². The van der Waals surface area contributed by atoms with Crippen molar-refractivity contribution in [2.75, 3.05) is 25.5 Å². The summed E-state index contributed by atoms with van der Waals surface area (Å²) >= 11 is 0. The minimum Gasteiger partial charge on any atom is -0.345 e. The quantitative estimate of drug-likeness (QED) is 0.787. The van der Waals surface area contributed by atoms with Crippen molar-refractivity contribution in [3.05, 3.63) is 48.3 Å². The highest BCUT2D eigenvalue weighted by atomic mass is 32.2. The maximum atomic E-state index is 12.8. The van der Waals surface area contributed by atoms with Crippen LogP contribution in [0, 0.1) is 5.92 Å². The minimum atomic E-state index is -3.61. The Morgan fingerprint density at radius 3 is 2.36 bits per heavy atom. The van der Waals surface area contributed by atoms with Gasteiger partial charge in [0.2, 0.25) is 15.9 Å². The molecule has 2 heterocycles. The van der Waals surface area contributed by atoms with Crippen LogP contribution in [0.3, 0.4) is 0 Å². The molecule has 0 radical (unpaired) electrons. The van der Waals surface area contributed by atoms with Crippen LogP contribution in [0.25, 0.3) is 0 Å². The Hall–Kier alpha value is -2.65. The number of para-hydroxylation sites is 1. The molecule has 0 unspecified atom stereocenters. The fourth-order valence-electron chi connectivity index (χ4n) is 3.28. The molecule has 0 aliphatic carbocycles. The number of rotatable bonds is 5. The van der Waals surface area contributed by atoms with Crippen molar-refractivity contribution in [2.24, 2.45) is 13.0 Å². The summed E-state index contributed by atoms with van der Waals surface area (Å²) in [7, 11) is -0.639. The van der Waals surface area contributed by atoms with Gasteiger partial charge in [-0.3, -0.25) is 9.59 Å². The number of nitrogens with zero attached hydrogens (tertiary/aromatic N) is 2. The first-order valence-corrected chi connectivity index (χ1v) is 10.5. The Morgan fingerprint density at radius 2 is 1.75 bits per heavy atom. The maximum absolute atomic E-state index is 12.8. The lowest BCUT2D eigenvalue weighted by Gasteiger charge is -2.31. The van der Waals surface area contributed by atoms with E-state index in [0.29, 0.717) is 31.6 Å². The second-order valence-corrected chi connectivity index (χ2v) is 8.69. The van der Waals surface area contributed by atoms with Gasteiger partial charge in [-0.15, -0.1) is 0 Å². The molecule has 1 saturated heterocycles. The number of hydrogen-bond acceptors (Lipinski definition) is 4. The van der Waals surface area contributed by atoms with Crippen molar-refractivity contribution in [3.8, 4) is 0 Å². The summed E-state index contributed by atoms with van der Waals surface area (Å²) in [5.74, 6) is -0.431. The molecule has 0 bridgehead atoms. The van der Waals surface area contributed by atoms with E-state index >= 15 is 0 Å². The SMILES string of the molecule is CNS(=O)(=O)c1cc(C(=O)N2CCC(C(=O)Nc3ccccc3)CC2)n(C)c1. The zero-order valence-corrected chi connectivity index (χ0v) is 16.7. The van der Waals surface area contributed by atoms with E-state index in [-0.39, 0.29) is 22.6 Å². The highest BCUT2D eigenvalue weighted by Gasteiger charge is 2.29. The van der Waals surface area contributed by atoms with E-state index in [4.69, 9.17) is 0 Å². The van der Waals surface area contributed by atoms with Gasteiger partial charge in [0.15, 0.2) is 0 Å². The van der Waals surface area contributed by atoms with Gasteiger partial charge in [0.1, 0.15) is 10.6 Å². The fourth-order valence-corrected chi connectivity index (χ4v) is 4.08. The van der Waals surface area contributed by atoms with Crippen molar-refractivity contribution in [3.63, 3.8) is 0 Å². The van der Waals surface area contributed by atoms with E-state index in [1.807, 2.05) is 30.3 Å². The van der Waals surface area contributed by atoms with Gasteiger partial charge in [-0.25, -0.2) is 13.1 Å². The van der Waals surface area contributed by atoms with Crippen molar-refractivity contribution >= 4 is 27.5 Å². The first kappa shape index (κ1) is 20.1. The summed E-state index contributed by atoms with van der Waals surface area (Å²) < 4.78 is 27.6. The topological polar surface area (TPSA) is 101 Å². The molecule has 2 amide bonds. The third-order valence-electron chi connectivity index (χ3n) is 4.97. The monoisotopic (exact) mass is 404 g/mol. The molecule has 1 aliphatic rings. The lowest BCUT2D eigenvalue weighted by atomic mass is 9.95. The smallest absolute Gasteiger partial charge is 0.270 e. The number of amides is 2. The molecular formula is C19H24N4O4S. The zero-order chi connectivity index (χ0) is 20.3. The van der Waals surface area contributed by atoms with E-state index in [1.54, 1.807) is 11.9 Å². The molecule has 0 saturated carbocycles. The zero-order valence-electron chi connectivity index (χ0n) is 15.9. The van der Waals surface area contributed by atoms with Crippen LogP contribution >= 0.6 is 0 Å². The number of nitrogens with one attached hydrogen (secondary N) is 2. The van der Waals surface area contributed by atoms with Gasteiger partial charge in [-0.2, -0.15) is 0 Å². The summed E-state index contributed by atoms with van der Waals surface area (Å²) in [4.78, 5) is 26.9. The molecule has 1 fully saturated rings. The standard InChI is InChI=1S/C19H24N4O4S/c1-20-28(26,27)16-12-17(22(2)13-16)19(25)23-10-8-14(9-11-23)18(24)21-15-6-4-3-5-7-15/h3-7,12-14,20H,8-11H2,1-2H3,(H,21,24). The van der Waals surface area contributed by atoms with Crippen LogP contribution in [-0.2, 0) is 21.9 Å².